The van der Waals surface area contributed by atoms with Crippen LogP contribution in [0, 0.1) is 0 Å². The second-order valence-corrected chi connectivity index (χ2v) is 5.99. The number of aryl methyl sites for hydroxylation is 1. The summed E-state index contributed by atoms with van der Waals surface area (Å²) in [6.07, 6.45) is 3.65. The Hall–Kier alpha value is -2.06. The van der Waals surface area contributed by atoms with Crippen molar-refractivity contribution < 1.29 is 0 Å². The molecule has 2 heteroatoms. The van der Waals surface area contributed by atoms with Gasteiger partial charge in [-0.3, -0.25) is 0 Å². The van der Waals surface area contributed by atoms with Crippen LogP contribution in [-0.2, 0) is 6.42 Å². The molecule has 0 heterocycles. The molecule has 1 unspecified atom stereocenters. The van der Waals surface area contributed by atoms with Gasteiger partial charge in [0.1, 0.15) is 0 Å². The molecule has 24 heavy (non-hydrogen) atoms. The molecule has 0 aromatic heterocycles. The van der Waals surface area contributed by atoms with Gasteiger partial charge in [0, 0.05) is 24.5 Å². The largest absolute Gasteiger partial charge is 0.345 e. The zero-order valence-corrected chi connectivity index (χ0v) is 15.5. The van der Waals surface area contributed by atoms with Crippen molar-refractivity contribution in [2.24, 2.45) is 0 Å². The van der Waals surface area contributed by atoms with Crippen LogP contribution in [0.4, 0.5) is 5.69 Å². The predicted molar refractivity (Wildman–Crippen MR) is 106 cm³/mol. The lowest BCUT2D eigenvalue weighted by atomic mass is 9.86. The Labute approximate surface area is 147 Å². The first-order valence-corrected chi connectivity index (χ1v) is 8.99. The monoisotopic (exact) mass is 322 g/mol. The maximum atomic E-state index is 4.30. The van der Waals surface area contributed by atoms with E-state index < -0.39 is 0 Å². The van der Waals surface area contributed by atoms with Gasteiger partial charge in [0.25, 0.3) is 0 Å². The van der Waals surface area contributed by atoms with Crippen LogP contribution in [0.5, 0.6) is 0 Å². The summed E-state index contributed by atoms with van der Waals surface area (Å²) in [6.45, 7) is 8.30. The lowest BCUT2D eigenvalue weighted by Gasteiger charge is -2.27. The van der Waals surface area contributed by atoms with Crippen LogP contribution in [0.2, 0.25) is 0 Å². The lowest BCUT2D eigenvalue weighted by Crippen LogP contribution is -2.22. The van der Waals surface area contributed by atoms with Crippen molar-refractivity contribution >= 4 is 11.4 Å². The van der Waals surface area contributed by atoms with E-state index in [4.69, 9.17) is 0 Å². The summed E-state index contributed by atoms with van der Waals surface area (Å²) in [6, 6.07) is 17.7. The molecule has 1 aliphatic carbocycles. The van der Waals surface area contributed by atoms with Crippen LogP contribution < -0.4 is 10.2 Å². The van der Waals surface area contributed by atoms with Crippen LogP contribution in [0.25, 0.3) is 5.70 Å². The maximum absolute atomic E-state index is 4.30. The number of para-hydroxylation sites is 1. The molecule has 1 N–H and O–H groups in total. The lowest BCUT2D eigenvalue weighted by molar-refractivity contribution is 0.496. The molecular weight excluding hydrogens is 292 g/mol. The quantitative estimate of drug-likeness (QED) is 0.809. The zero-order valence-electron chi connectivity index (χ0n) is 15.5. The van der Waals surface area contributed by atoms with Gasteiger partial charge in [0.15, 0.2) is 0 Å². The molecule has 2 nitrogen and oxygen atoms in total. The highest BCUT2D eigenvalue weighted by molar-refractivity contribution is 5.77. The molecular formula is C22H30N2. The summed E-state index contributed by atoms with van der Waals surface area (Å²) in [5.41, 5.74) is 6.33. The van der Waals surface area contributed by atoms with E-state index in [9.17, 15) is 0 Å². The normalized spacial score (nSPS) is 15.8. The number of rotatable bonds is 4. The zero-order chi connectivity index (χ0) is 17.5. The molecule has 128 valence electrons. The van der Waals surface area contributed by atoms with Gasteiger partial charge in [-0.05, 0) is 61.2 Å². The molecule has 2 aromatic carbocycles. The first-order chi connectivity index (χ1) is 11.7. The van der Waals surface area contributed by atoms with E-state index >= 15 is 0 Å². The number of nitrogens with zero attached hydrogens (tertiary/aromatic N) is 1. The molecule has 0 amide bonds. The third kappa shape index (κ3) is 3.88. The molecule has 0 bridgehead atoms. The SMILES string of the molecule is C=C(c1ccc2c(c1)CCCC2NC)N(C)c1ccccc1.CC. The van der Waals surface area contributed by atoms with Gasteiger partial charge in [-0.15, -0.1) is 0 Å². The minimum atomic E-state index is 0.498. The van der Waals surface area contributed by atoms with Crippen LogP contribution in [0.15, 0.2) is 55.1 Å². The second kappa shape index (κ2) is 8.70. The van der Waals surface area contributed by atoms with Crippen molar-refractivity contribution in [2.45, 2.75) is 39.2 Å². The second-order valence-electron chi connectivity index (χ2n) is 5.99. The van der Waals surface area contributed by atoms with Gasteiger partial charge in [0.05, 0.1) is 0 Å². The number of fused-ring (bicyclic) bond motifs is 1. The fourth-order valence-corrected chi connectivity index (χ4v) is 3.29. The van der Waals surface area contributed by atoms with Crippen molar-refractivity contribution in [1.82, 2.24) is 5.32 Å². The maximum Gasteiger partial charge on any atom is 0.0408 e. The third-order valence-electron chi connectivity index (χ3n) is 4.69. The van der Waals surface area contributed by atoms with Crippen molar-refractivity contribution in [2.75, 3.05) is 19.0 Å². The Morgan fingerprint density at radius 3 is 2.50 bits per heavy atom. The highest BCUT2D eigenvalue weighted by atomic mass is 15.1. The summed E-state index contributed by atoms with van der Waals surface area (Å²) in [5.74, 6) is 0. The summed E-state index contributed by atoms with van der Waals surface area (Å²) in [5, 5.41) is 3.42. The van der Waals surface area contributed by atoms with Crippen molar-refractivity contribution in [1.29, 1.82) is 0 Å². The molecule has 0 saturated carbocycles. The average Bonchev–Trinajstić information content (AvgIpc) is 2.68. The molecule has 0 fully saturated rings. The van der Waals surface area contributed by atoms with Crippen LogP contribution in [-0.4, -0.2) is 14.1 Å². The molecule has 1 aliphatic rings. The average molecular weight is 322 g/mol. The fraction of sp³-hybridized carbons (Fsp3) is 0.364. The van der Waals surface area contributed by atoms with E-state index in [1.807, 2.05) is 19.9 Å². The van der Waals surface area contributed by atoms with E-state index in [0.29, 0.717) is 6.04 Å². The summed E-state index contributed by atoms with van der Waals surface area (Å²) in [7, 11) is 4.13. The minimum Gasteiger partial charge on any atom is -0.345 e. The van der Waals surface area contributed by atoms with Gasteiger partial charge < -0.3 is 10.2 Å². The Morgan fingerprint density at radius 1 is 1.12 bits per heavy atom. The van der Waals surface area contributed by atoms with Gasteiger partial charge in [0.2, 0.25) is 0 Å². The van der Waals surface area contributed by atoms with E-state index in [1.165, 1.54) is 41.6 Å². The van der Waals surface area contributed by atoms with Gasteiger partial charge >= 0.3 is 0 Å². The van der Waals surface area contributed by atoms with Crippen molar-refractivity contribution in [3.8, 4) is 0 Å². The van der Waals surface area contributed by atoms with E-state index in [2.05, 4.69) is 73.4 Å². The molecule has 2 aromatic rings. The van der Waals surface area contributed by atoms with Gasteiger partial charge in [-0.2, -0.15) is 0 Å². The standard InChI is InChI=1S/C20H24N2.C2H6/c1-15(22(3)18-9-5-4-6-10-18)16-12-13-19-17(14-16)8-7-11-20(19)21-2;1-2/h4-6,9-10,12-14,20-21H,1,7-8,11H2,2-3H3;1-2H3. The first-order valence-electron chi connectivity index (χ1n) is 8.99. The Balaban J connectivity index is 0.00000100. The Morgan fingerprint density at radius 2 is 1.83 bits per heavy atom. The van der Waals surface area contributed by atoms with Gasteiger partial charge in [-0.1, -0.05) is 50.8 Å². The number of benzene rings is 2. The summed E-state index contributed by atoms with van der Waals surface area (Å²) in [4.78, 5) is 2.15. The summed E-state index contributed by atoms with van der Waals surface area (Å²) < 4.78 is 0. The molecule has 3 rings (SSSR count). The number of hydrogen-bond acceptors (Lipinski definition) is 2. The smallest absolute Gasteiger partial charge is 0.0408 e. The van der Waals surface area contributed by atoms with Crippen LogP contribution >= 0.6 is 0 Å². The van der Waals surface area contributed by atoms with Crippen molar-refractivity contribution in [3.05, 3.63) is 71.8 Å². The molecule has 0 saturated heterocycles. The third-order valence-corrected chi connectivity index (χ3v) is 4.69. The minimum absolute atomic E-state index is 0.498. The molecule has 0 radical (unpaired) electrons. The Bertz CT molecular complexity index is 661. The van der Waals surface area contributed by atoms with E-state index in [-0.39, 0.29) is 0 Å². The topological polar surface area (TPSA) is 15.3 Å². The number of hydrogen-bond donors (Lipinski definition) is 1. The van der Waals surface area contributed by atoms with E-state index in [1.54, 1.807) is 0 Å². The first kappa shape index (κ1) is 18.3. The highest BCUT2D eigenvalue weighted by Crippen LogP contribution is 2.32. The molecule has 1 atom stereocenters. The fourth-order valence-electron chi connectivity index (χ4n) is 3.29. The highest BCUT2D eigenvalue weighted by Gasteiger charge is 2.19. The van der Waals surface area contributed by atoms with E-state index in [0.717, 1.165) is 5.70 Å². The number of nitrogens with one attached hydrogen (secondary N) is 1. The van der Waals surface area contributed by atoms with Crippen LogP contribution in [0.1, 0.15) is 49.4 Å². The predicted octanol–water partition coefficient (Wildman–Crippen LogP) is 5.42. The number of anilines is 1. The Kier molecular flexibility index (Phi) is 6.62. The van der Waals surface area contributed by atoms with Gasteiger partial charge in [-0.25, -0.2) is 0 Å². The molecule has 0 aliphatic heterocycles. The summed E-state index contributed by atoms with van der Waals surface area (Å²) >= 11 is 0. The van der Waals surface area contributed by atoms with Crippen molar-refractivity contribution in [3.63, 3.8) is 0 Å². The van der Waals surface area contributed by atoms with Crippen LogP contribution in [0.3, 0.4) is 0 Å². The molecule has 0 spiro atoms.